The lowest BCUT2D eigenvalue weighted by Crippen LogP contribution is -2.34. The Morgan fingerprint density at radius 2 is 1.88 bits per heavy atom. The minimum Gasteiger partial charge on any atom is -0.352 e. The van der Waals surface area contributed by atoms with Crippen LogP contribution in [0.5, 0.6) is 0 Å². The fraction of sp³-hybridized carbons (Fsp3) is 0.474. The van der Waals surface area contributed by atoms with E-state index in [-0.39, 0.29) is 30.0 Å². The van der Waals surface area contributed by atoms with Crippen molar-refractivity contribution in [3.8, 4) is 11.3 Å². The van der Waals surface area contributed by atoms with Gasteiger partial charge in [-0.05, 0) is 31.8 Å². The first-order valence-corrected chi connectivity index (χ1v) is 8.44. The van der Waals surface area contributed by atoms with E-state index in [4.69, 9.17) is 4.52 Å². The highest BCUT2D eigenvalue weighted by Gasteiger charge is 2.29. The third-order valence-corrected chi connectivity index (χ3v) is 4.62. The number of ketones is 1. The van der Waals surface area contributed by atoms with Crippen molar-refractivity contribution in [3.63, 3.8) is 0 Å². The van der Waals surface area contributed by atoms with Crippen LogP contribution in [0.15, 0.2) is 40.9 Å². The smallest absolute Gasteiger partial charge is 0.205 e. The molecule has 0 amide bonds. The van der Waals surface area contributed by atoms with Crippen LogP contribution >= 0.6 is 12.4 Å². The second-order valence-electron chi connectivity index (χ2n) is 6.66. The van der Waals surface area contributed by atoms with Crippen molar-refractivity contribution in [2.45, 2.75) is 26.7 Å². The highest BCUT2D eigenvalue weighted by atomic mass is 35.5. The standard InChI is InChI=1S/C19H24N2O2.ClH/c1-14(2)16(13-21-10-6-7-11-21)19(22)18-12-17(20-23-18)15-8-4-3-5-9-15;/h3-5,8-9,12,14,16H,6-7,10-11,13H2,1-2H3;1H. The van der Waals surface area contributed by atoms with Crippen molar-refractivity contribution >= 4 is 18.2 Å². The minimum atomic E-state index is -0.0373. The number of Topliss-reactive ketones (excluding diaryl/α,β-unsaturated/α-hetero) is 1. The van der Waals surface area contributed by atoms with Gasteiger partial charge in [-0.15, -0.1) is 12.4 Å². The predicted octanol–water partition coefficient (Wildman–Crippen LogP) is 4.31. The summed E-state index contributed by atoms with van der Waals surface area (Å²) in [5, 5.41) is 4.07. The number of benzene rings is 1. The van der Waals surface area contributed by atoms with Crippen LogP contribution in [0.25, 0.3) is 11.3 Å². The molecule has 2 aromatic rings. The molecule has 1 unspecified atom stereocenters. The third kappa shape index (κ3) is 4.25. The molecule has 1 aromatic heterocycles. The van der Waals surface area contributed by atoms with Gasteiger partial charge in [0.2, 0.25) is 11.5 Å². The fourth-order valence-electron chi connectivity index (χ4n) is 3.16. The zero-order valence-corrected chi connectivity index (χ0v) is 15.1. The monoisotopic (exact) mass is 348 g/mol. The van der Waals surface area contributed by atoms with Gasteiger partial charge in [-0.25, -0.2) is 0 Å². The lowest BCUT2D eigenvalue weighted by atomic mass is 9.89. The second kappa shape index (κ2) is 8.45. The Morgan fingerprint density at radius 1 is 1.21 bits per heavy atom. The Balaban J connectivity index is 0.00000208. The van der Waals surface area contributed by atoms with E-state index in [1.54, 1.807) is 6.07 Å². The van der Waals surface area contributed by atoms with Gasteiger partial charge in [-0.2, -0.15) is 0 Å². The molecule has 24 heavy (non-hydrogen) atoms. The van der Waals surface area contributed by atoms with E-state index in [1.165, 1.54) is 12.8 Å². The summed E-state index contributed by atoms with van der Waals surface area (Å²) >= 11 is 0. The summed E-state index contributed by atoms with van der Waals surface area (Å²) in [5.41, 5.74) is 1.69. The van der Waals surface area contributed by atoms with Gasteiger partial charge < -0.3 is 9.42 Å². The van der Waals surface area contributed by atoms with E-state index in [9.17, 15) is 4.79 Å². The summed E-state index contributed by atoms with van der Waals surface area (Å²) in [6, 6.07) is 11.6. The Morgan fingerprint density at radius 3 is 2.50 bits per heavy atom. The Bertz CT molecular complexity index is 648. The molecular weight excluding hydrogens is 324 g/mol. The first kappa shape index (κ1) is 18.7. The number of rotatable bonds is 6. The minimum absolute atomic E-state index is 0. The maximum Gasteiger partial charge on any atom is 0.205 e. The molecular formula is C19H25ClN2O2. The van der Waals surface area contributed by atoms with Gasteiger partial charge in [0, 0.05) is 24.1 Å². The number of halogens is 1. The molecule has 2 heterocycles. The molecule has 0 saturated carbocycles. The van der Waals surface area contributed by atoms with Crippen LogP contribution in [0, 0.1) is 11.8 Å². The quantitative estimate of drug-likeness (QED) is 0.729. The number of aromatic nitrogens is 1. The summed E-state index contributed by atoms with van der Waals surface area (Å²) < 4.78 is 5.36. The molecule has 0 N–H and O–H groups in total. The number of carbonyl (C=O) groups excluding carboxylic acids is 1. The first-order chi connectivity index (χ1) is 11.1. The largest absolute Gasteiger partial charge is 0.352 e. The van der Waals surface area contributed by atoms with Crippen LogP contribution < -0.4 is 0 Å². The van der Waals surface area contributed by atoms with Gasteiger partial charge in [0.1, 0.15) is 5.69 Å². The van der Waals surface area contributed by atoms with Crippen LogP contribution in [0.4, 0.5) is 0 Å². The molecule has 0 radical (unpaired) electrons. The maximum absolute atomic E-state index is 12.9. The molecule has 3 rings (SSSR count). The van der Waals surface area contributed by atoms with Crippen LogP contribution in [0.3, 0.4) is 0 Å². The molecule has 4 nitrogen and oxygen atoms in total. The number of hydrogen-bond donors (Lipinski definition) is 0. The SMILES string of the molecule is CC(C)C(CN1CCCC1)C(=O)c1cc(-c2ccccc2)no1.Cl. The number of nitrogens with zero attached hydrogens (tertiary/aromatic N) is 2. The first-order valence-electron chi connectivity index (χ1n) is 8.44. The van der Waals surface area contributed by atoms with E-state index in [1.807, 2.05) is 30.3 Å². The van der Waals surface area contributed by atoms with E-state index in [0.29, 0.717) is 5.76 Å². The van der Waals surface area contributed by atoms with Crippen molar-refractivity contribution in [1.29, 1.82) is 0 Å². The lowest BCUT2D eigenvalue weighted by Gasteiger charge is -2.24. The molecule has 1 aliphatic heterocycles. The van der Waals surface area contributed by atoms with E-state index in [2.05, 4.69) is 23.9 Å². The fourth-order valence-corrected chi connectivity index (χ4v) is 3.16. The molecule has 1 atom stereocenters. The maximum atomic E-state index is 12.9. The average Bonchev–Trinajstić information content (AvgIpc) is 3.24. The van der Waals surface area contributed by atoms with E-state index < -0.39 is 0 Å². The molecule has 0 aliphatic carbocycles. The zero-order valence-electron chi connectivity index (χ0n) is 14.3. The van der Waals surface area contributed by atoms with Crippen molar-refractivity contribution in [2.75, 3.05) is 19.6 Å². The number of likely N-dealkylation sites (tertiary alicyclic amines) is 1. The van der Waals surface area contributed by atoms with Gasteiger partial charge >= 0.3 is 0 Å². The Labute approximate surface area is 149 Å². The van der Waals surface area contributed by atoms with Gasteiger partial charge in [-0.3, -0.25) is 4.79 Å². The van der Waals surface area contributed by atoms with Gasteiger partial charge in [-0.1, -0.05) is 49.3 Å². The summed E-state index contributed by atoms with van der Waals surface area (Å²) in [6.45, 7) is 7.22. The van der Waals surface area contributed by atoms with E-state index >= 15 is 0 Å². The highest BCUT2D eigenvalue weighted by molar-refractivity contribution is 5.96. The van der Waals surface area contributed by atoms with Gasteiger partial charge in [0.25, 0.3) is 0 Å². The molecule has 1 aromatic carbocycles. The molecule has 0 spiro atoms. The molecule has 1 aliphatic rings. The third-order valence-electron chi connectivity index (χ3n) is 4.62. The molecule has 130 valence electrons. The Hall–Kier alpha value is -1.65. The number of hydrogen-bond acceptors (Lipinski definition) is 4. The van der Waals surface area contributed by atoms with E-state index in [0.717, 1.165) is 30.9 Å². The van der Waals surface area contributed by atoms with Crippen molar-refractivity contribution in [3.05, 3.63) is 42.2 Å². The highest BCUT2D eigenvalue weighted by Crippen LogP contribution is 2.24. The summed E-state index contributed by atoms with van der Waals surface area (Å²) in [5.74, 6) is 0.696. The summed E-state index contributed by atoms with van der Waals surface area (Å²) in [7, 11) is 0. The summed E-state index contributed by atoms with van der Waals surface area (Å²) in [4.78, 5) is 15.2. The molecule has 1 saturated heterocycles. The van der Waals surface area contributed by atoms with Crippen LogP contribution in [-0.2, 0) is 0 Å². The zero-order chi connectivity index (χ0) is 16.2. The van der Waals surface area contributed by atoms with Crippen molar-refractivity contribution in [1.82, 2.24) is 10.1 Å². The Kier molecular flexibility index (Phi) is 6.58. The van der Waals surface area contributed by atoms with Crippen LogP contribution in [0.1, 0.15) is 37.2 Å². The van der Waals surface area contributed by atoms with Crippen molar-refractivity contribution < 1.29 is 9.32 Å². The topological polar surface area (TPSA) is 46.3 Å². The van der Waals surface area contributed by atoms with Crippen LogP contribution in [-0.4, -0.2) is 35.5 Å². The predicted molar refractivity (Wildman–Crippen MR) is 97.5 cm³/mol. The summed E-state index contributed by atoms with van der Waals surface area (Å²) in [6.07, 6.45) is 2.47. The molecule has 0 bridgehead atoms. The number of carbonyl (C=O) groups is 1. The normalized spacial score (nSPS) is 16.1. The van der Waals surface area contributed by atoms with Gasteiger partial charge in [0.05, 0.1) is 0 Å². The molecule has 1 fully saturated rings. The average molecular weight is 349 g/mol. The molecule has 5 heteroatoms. The van der Waals surface area contributed by atoms with Crippen LogP contribution in [0.2, 0.25) is 0 Å². The van der Waals surface area contributed by atoms with Crippen molar-refractivity contribution in [2.24, 2.45) is 11.8 Å². The van der Waals surface area contributed by atoms with Gasteiger partial charge in [0.15, 0.2) is 0 Å². The lowest BCUT2D eigenvalue weighted by molar-refractivity contribution is 0.0807. The second-order valence-corrected chi connectivity index (χ2v) is 6.66.